The van der Waals surface area contributed by atoms with Crippen molar-refractivity contribution >= 4 is 70.6 Å². The summed E-state index contributed by atoms with van der Waals surface area (Å²) in [6, 6.07) is 16.1. The number of rotatable bonds is 6. The van der Waals surface area contributed by atoms with Gasteiger partial charge in [-0.05, 0) is 36.4 Å². The van der Waals surface area contributed by atoms with Crippen molar-refractivity contribution < 1.29 is 9.59 Å². The number of halogens is 4. The van der Waals surface area contributed by atoms with Crippen LogP contribution in [0.1, 0.15) is 31.8 Å². The Morgan fingerprint density at radius 3 is 1.38 bits per heavy atom. The molecule has 32 heavy (non-hydrogen) atoms. The monoisotopic (exact) mass is 506 g/mol. The zero-order valence-corrected chi connectivity index (χ0v) is 19.2. The highest BCUT2D eigenvalue weighted by Gasteiger charge is 2.09. The van der Waals surface area contributed by atoms with Crippen LogP contribution in [-0.4, -0.2) is 24.2 Å². The van der Waals surface area contributed by atoms with E-state index in [1.807, 2.05) is 0 Å². The van der Waals surface area contributed by atoms with Gasteiger partial charge in [-0.3, -0.25) is 9.59 Å². The Morgan fingerprint density at radius 1 is 0.625 bits per heavy atom. The molecular formula is C22H14Cl4N4O2. The van der Waals surface area contributed by atoms with Gasteiger partial charge in [0.2, 0.25) is 0 Å². The van der Waals surface area contributed by atoms with Gasteiger partial charge >= 0.3 is 0 Å². The van der Waals surface area contributed by atoms with Gasteiger partial charge in [0.1, 0.15) is 0 Å². The summed E-state index contributed by atoms with van der Waals surface area (Å²) >= 11 is 24.0. The normalized spacial score (nSPS) is 11.1. The topological polar surface area (TPSA) is 82.9 Å². The summed E-state index contributed by atoms with van der Waals surface area (Å²) in [6.07, 6.45) is 2.77. The predicted molar refractivity (Wildman–Crippen MR) is 129 cm³/mol. The van der Waals surface area contributed by atoms with Crippen molar-refractivity contribution in [2.24, 2.45) is 10.2 Å². The number of nitrogens with zero attached hydrogens (tertiary/aromatic N) is 2. The Hall–Kier alpha value is -2.90. The van der Waals surface area contributed by atoms with Gasteiger partial charge in [0.05, 0.1) is 32.5 Å². The number of amides is 2. The summed E-state index contributed by atoms with van der Waals surface area (Å²) in [6.45, 7) is 0. The quantitative estimate of drug-likeness (QED) is 0.325. The Labute approximate surface area is 203 Å². The maximum atomic E-state index is 12.2. The van der Waals surface area contributed by atoms with Crippen molar-refractivity contribution in [1.29, 1.82) is 0 Å². The standard InChI is InChI=1S/C22H14Cl4N4O2/c23-17-5-1-3-15(19(17)25)11-27-29-21(31)13-7-9-14(10-8-13)22(32)30-28-12-16-4-2-6-18(24)20(16)26/h1-12H,(H,29,31)(H,30,32)/b27-11+,28-12+. The third-order valence-corrected chi connectivity index (χ3v) is 5.78. The summed E-state index contributed by atoms with van der Waals surface area (Å²) in [5.41, 5.74) is 6.52. The summed E-state index contributed by atoms with van der Waals surface area (Å²) < 4.78 is 0. The molecular weight excluding hydrogens is 494 g/mol. The van der Waals surface area contributed by atoms with Gasteiger partial charge in [0.15, 0.2) is 0 Å². The van der Waals surface area contributed by atoms with Crippen LogP contribution in [0.3, 0.4) is 0 Å². The number of hydrogen-bond donors (Lipinski definition) is 2. The fourth-order valence-corrected chi connectivity index (χ4v) is 3.18. The van der Waals surface area contributed by atoms with Crippen molar-refractivity contribution in [2.75, 3.05) is 0 Å². The number of nitrogens with one attached hydrogen (secondary N) is 2. The van der Waals surface area contributed by atoms with Crippen molar-refractivity contribution in [3.05, 3.63) is 103 Å². The second kappa shape index (κ2) is 11.1. The van der Waals surface area contributed by atoms with E-state index in [4.69, 9.17) is 46.4 Å². The molecule has 3 aromatic carbocycles. The van der Waals surface area contributed by atoms with E-state index in [2.05, 4.69) is 21.1 Å². The molecule has 0 spiro atoms. The Bertz CT molecular complexity index is 1120. The molecule has 0 radical (unpaired) electrons. The van der Waals surface area contributed by atoms with Crippen molar-refractivity contribution in [3.63, 3.8) is 0 Å². The van der Waals surface area contributed by atoms with Gasteiger partial charge in [-0.15, -0.1) is 0 Å². The van der Waals surface area contributed by atoms with Gasteiger partial charge in [-0.2, -0.15) is 10.2 Å². The summed E-state index contributed by atoms with van der Waals surface area (Å²) in [7, 11) is 0. The van der Waals surface area contributed by atoms with Gasteiger partial charge in [0.25, 0.3) is 11.8 Å². The highest BCUT2D eigenvalue weighted by atomic mass is 35.5. The molecule has 0 atom stereocenters. The molecule has 0 aromatic heterocycles. The molecule has 0 saturated carbocycles. The maximum absolute atomic E-state index is 12.2. The number of carbonyl (C=O) groups excluding carboxylic acids is 2. The number of carbonyl (C=O) groups is 2. The molecule has 0 aliphatic heterocycles. The number of benzene rings is 3. The molecule has 0 fully saturated rings. The third-order valence-electron chi connectivity index (χ3n) is 4.11. The van der Waals surface area contributed by atoms with Crippen LogP contribution in [0, 0.1) is 0 Å². The van der Waals surface area contributed by atoms with Crippen LogP contribution in [0.2, 0.25) is 20.1 Å². The smallest absolute Gasteiger partial charge is 0.267 e. The highest BCUT2D eigenvalue weighted by Crippen LogP contribution is 2.24. The highest BCUT2D eigenvalue weighted by molar-refractivity contribution is 6.44. The molecule has 0 heterocycles. The van der Waals surface area contributed by atoms with Crippen molar-refractivity contribution in [3.8, 4) is 0 Å². The molecule has 6 nitrogen and oxygen atoms in total. The van der Waals surface area contributed by atoms with E-state index in [0.717, 1.165) is 0 Å². The molecule has 0 aliphatic carbocycles. The van der Waals surface area contributed by atoms with Crippen LogP contribution in [0.25, 0.3) is 0 Å². The molecule has 0 unspecified atom stereocenters. The van der Waals surface area contributed by atoms with E-state index < -0.39 is 11.8 Å². The molecule has 3 rings (SSSR count). The fourth-order valence-electron chi connectivity index (χ4n) is 2.46. The SMILES string of the molecule is O=C(N/N=C/c1cccc(Cl)c1Cl)c1ccc(C(=O)N/N=C/c2cccc(Cl)c2Cl)cc1. The minimum absolute atomic E-state index is 0.310. The minimum atomic E-state index is -0.458. The lowest BCUT2D eigenvalue weighted by atomic mass is 10.1. The fraction of sp³-hybridized carbons (Fsp3) is 0. The van der Waals surface area contributed by atoms with Crippen LogP contribution in [0.15, 0.2) is 70.9 Å². The second-order valence-electron chi connectivity index (χ2n) is 6.26. The molecule has 162 valence electrons. The second-order valence-corrected chi connectivity index (χ2v) is 7.83. The maximum Gasteiger partial charge on any atom is 0.271 e. The van der Waals surface area contributed by atoms with Crippen molar-refractivity contribution in [1.82, 2.24) is 10.9 Å². The first-order valence-corrected chi connectivity index (χ1v) is 10.5. The lowest BCUT2D eigenvalue weighted by Crippen LogP contribution is -2.19. The Balaban J connectivity index is 1.57. The van der Waals surface area contributed by atoms with Gasteiger partial charge < -0.3 is 0 Å². The van der Waals surface area contributed by atoms with Gasteiger partial charge in [-0.1, -0.05) is 70.7 Å². The minimum Gasteiger partial charge on any atom is -0.267 e. The molecule has 3 aromatic rings. The summed E-state index contributed by atoms with van der Waals surface area (Å²) in [5.74, 6) is -0.917. The van der Waals surface area contributed by atoms with E-state index in [-0.39, 0.29) is 0 Å². The van der Waals surface area contributed by atoms with E-state index >= 15 is 0 Å². The average Bonchev–Trinajstić information content (AvgIpc) is 2.79. The molecule has 0 aliphatic rings. The van der Waals surface area contributed by atoms with Crippen LogP contribution in [-0.2, 0) is 0 Å². The lowest BCUT2D eigenvalue weighted by Gasteiger charge is -2.04. The summed E-state index contributed by atoms with van der Waals surface area (Å²) in [5, 5.41) is 9.19. The van der Waals surface area contributed by atoms with Crippen LogP contribution in [0.4, 0.5) is 0 Å². The van der Waals surface area contributed by atoms with E-state index in [1.165, 1.54) is 36.7 Å². The Kier molecular flexibility index (Phi) is 8.25. The first-order chi connectivity index (χ1) is 15.4. The van der Waals surface area contributed by atoms with Crippen LogP contribution in [0.5, 0.6) is 0 Å². The zero-order valence-electron chi connectivity index (χ0n) is 16.2. The largest absolute Gasteiger partial charge is 0.271 e. The lowest BCUT2D eigenvalue weighted by molar-refractivity contribution is 0.0943. The van der Waals surface area contributed by atoms with E-state index in [1.54, 1.807) is 36.4 Å². The molecule has 10 heteroatoms. The Morgan fingerprint density at radius 2 is 1.00 bits per heavy atom. The molecule has 0 saturated heterocycles. The molecule has 2 N–H and O–H groups in total. The average molecular weight is 508 g/mol. The number of hydrogen-bond acceptors (Lipinski definition) is 4. The van der Waals surface area contributed by atoms with E-state index in [0.29, 0.717) is 42.3 Å². The van der Waals surface area contributed by atoms with Gasteiger partial charge in [-0.25, -0.2) is 10.9 Å². The third kappa shape index (κ3) is 6.08. The first-order valence-electron chi connectivity index (χ1n) is 9.01. The van der Waals surface area contributed by atoms with Crippen molar-refractivity contribution in [2.45, 2.75) is 0 Å². The molecule has 0 bridgehead atoms. The zero-order chi connectivity index (χ0) is 23.1. The number of hydrazone groups is 2. The van der Waals surface area contributed by atoms with Crippen LogP contribution >= 0.6 is 46.4 Å². The van der Waals surface area contributed by atoms with Crippen LogP contribution < -0.4 is 10.9 Å². The van der Waals surface area contributed by atoms with Gasteiger partial charge in [0, 0.05) is 22.3 Å². The van der Waals surface area contributed by atoms with E-state index in [9.17, 15) is 9.59 Å². The predicted octanol–water partition coefficient (Wildman–Crippen LogP) is 5.83. The first kappa shape index (κ1) is 23.8. The summed E-state index contributed by atoms with van der Waals surface area (Å²) in [4.78, 5) is 24.4. The molecule has 2 amide bonds.